The topological polar surface area (TPSA) is 95.7 Å². The summed E-state index contributed by atoms with van der Waals surface area (Å²) in [5.74, 6) is -1.95. The van der Waals surface area contributed by atoms with Crippen molar-refractivity contribution in [3.8, 4) is 0 Å². The maximum absolute atomic E-state index is 13.8. The zero-order valence-corrected chi connectivity index (χ0v) is 19.3. The largest absolute Gasteiger partial charge is 0.364 e. The first kappa shape index (κ1) is 24.0. The quantitative estimate of drug-likeness (QED) is 0.708. The van der Waals surface area contributed by atoms with E-state index >= 15 is 0 Å². The molecular weight excluding hydrogens is 442 g/mol. The number of piperidine rings is 1. The Morgan fingerprint density at radius 2 is 1.88 bits per heavy atom. The van der Waals surface area contributed by atoms with Crippen LogP contribution in [0, 0.1) is 0 Å². The summed E-state index contributed by atoms with van der Waals surface area (Å²) in [6.07, 6.45) is 9.49. The van der Waals surface area contributed by atoms with E-state index in [9.17, 15) is 18.4 Å². The van der Waals surface area contributed by atoms with E-state index < -0.39 is 17.6 Å². The number of allylic oxidation sites excluding steroid dienone is 4. The van der Waals surface area contributed by atoms with Gasteiger partial charge in [0.15, 0.2) is 5.83 Å². The van der Waals surface area contributed by atoms with Gasteiger partial charge in [0.1, 0.15) is 17.3 Å². The number of amides is 2. The summed E-state index contributed by atoms with van der Waals surface area (Å²) in [5, 5.41) is 0. The van der Waals surface area contributed by atoms with Crippen LogP contribution < -0.4 is 10.6 Å². The fourth-order valence-corrected chi connectivity index (χ4v) is 4.90. The molecule has 10 heteroatoms. The van der Waals surface area contributed by atoms with Gasteiger partial charge in [-0.2, -0.15) is 0 Å². The predicted octanol–water partition coefficient (Wildman–Crippen LogP) is 2.50. The number of rotatable bonds is 5. The molecule has 0 saturated carbocycles. The molecule has 3 aliphatic rings. The minimum atomic E-state index is -0.971. The van der Waals surface area contributed by atoms with Gasteiger partial charge in [0.2, 0.25) is 0 Å². The van der Waals surface area contributed by atoms with Crippen molar-refractivity contribution in [2.24, 2.45) is 5.73 Å². The van der Waals surface area contributed by atoms with E-state index in [2.05, 4.69) is 26.7 Å². The van der Waals surface area contributed by atoms with Gasteiger partial charge in [0.05, 0.1) is 12.4 Å². The minimum absolute atomic E-state index is 0.132. The molecule has 0 aromatic carbocycles. The molecule has 2 fully saturated rings. The molecule has 8 nitrogen and oxygen atoms in total. The molecule has 0 radical (unpaired) electrons. The van der Waals surface area contributed by atoms with E-state index in [-0.39, 0.29) is 23.6 Å². The van der Waals surface area contributed by atoms with E-state index in [1.165, 1.54) is 18.3 Å². The smallest absolute Gasteiger partial charge is 0.268 e. The van der Waals surface area contributed by atoms with Gasteiger partial charge < -0.3 is 15.5 Å². The van der Waals surface area contributed by atoms with Crippen LogP contribution in [0.2, 0.25) is 0 Å². The average Bonchev–Trinajstić information content (AvgIpc) is 3.03. The predicted molar refractivity (Wildman–Crippen MR) is 124 cm³/mol. The van der Waals surface area contributed by atoms with Crippen LogP contribution in [-0.4, -0.2) is 76.4 Å². The molecule has 1 atom stereocenters. The van der Waals surface area contributed by atoms with Crippen LogP contribution in [0.25, 0.3) is 0 Å². The normalized spacial score (nSPS) is 22.6. The molecule has 2 N–H and O–H groups in total. The Balaban J connectivity index is 1.35. The van der Waals surface area contributed by atoms with E-state index in [1.54, 1.807) is 11.1 Å². The number of nitrogens with zero attached hydrogens (tertiary/aromatic N) is 5. The molecule has 1 aliphatic carbocycles. The number of primary amides is 1. The third-order valence-corrected chi connectivity index (χ3v) is 6.82. The van der Waals surface area contributed by atoms with Crippen LogP contribution >= 0.6 is 0 Å². The van der Waals surface area contributed by atoms with Gasteiger partial charge in [-0.15, -0.1) is 0 Å². The summed E-state index contributed by atoms with van der Waals surface area (Å²) in [4.78, 5) is 39.0. The Morgan fingerprint density at radius 3 is 2.53 bits per heavy atom. The number of aromatic nitrogens is 2. The van der Waals surface area contributed by atoms with Gasteiger partial charge in [-0.05, 0) is 25.3 Å². The van der Waals surface area contributed by atoms with Gasteiger partial charge in [0, 0.05) is 56.8 Å². The summed E-state index contributed by atoms with van der Waals surface area (Å²) in [5.41, 5.74) is 5.58. The summed E-state index contributed by atoms with van der Waals surface area (Å²) in [6.45, 7) is 5.77. The monoisotopic (exact) mass is 472 g/mol. The van der Waals surface area contributed by atoms with Gasteiger partial charge >= 0.3 is 0 Å². The minimum Gasteiger partial charge on any atom is -0.364 e. The summed E-state index contributed by atoms with van der Waals surface area (Å²) >= 11 is 0. The molecule has 2 saturated heterocycles. The fraction of sp³-hybridized carbons (Fsp3) is 0.500. The molecule has 1 aromatic rings. The van der Waals surface area contributed by atoms with Crippen LogP contribution in [0.5, 0.6) is 0 Å². The van der Waals surface area contributed by atoms with Crippen LogP contribution in [0.1, 0.15) is 43.1 Å². The first-order valence-corrected chi connectivity index (χ1v) is 11.7. The average molecular weight is 473 g/mol. The maximum Gasteiger partial charge on any atom is 0.268 e. The highest BCUT2D eigenvalue weighted by atomic mass is 19.2. The molecule has 1 aromatic heterocycles. The number of nitrogens with two attached hydrogens (primary N) is 1. The van der Waals surface area contributed by atoms with Crippen molar-refractivity contribution >= 4 is 17.6 Å². The van der Waals surface area contributed by atoms with E-state index in [0.29, 0.717) is 25.2 Å². The number of hydrogen-bond acceptors (Lipinski definition) is 6. The Bertz CT molecular complexity index is 1010. The van der Waals surface area contributed by atoms with Gasteiger partial charge in [-0.1, -0.05) is 19.1 Å². The van der Waals surface area contributed by atoms with Crippen molar-refractivity contribution in [1.29, 1.82) is 0 Å². The standard InChI is InChI=1S/C24H30F2N6O2/c1-2-17-15-31(22-14-28-21(13-29-22)23(27)33)10-11-32(17)18-6-8-30(9-7-18)24(34)16-4-3-5-19(25)20(26)12-16/h3-4,12-14,17-18H,2,5-11,15H2,1H3,(H2,27,33). The maximum atomic E-state index is 13.8. The molecule has 2 aliphatic heterocycles. The molecule has 0 bridgehead atoms. The lowest BCUT2D eigenvalue weighted by Crippen LogP contribution is -2.58. The second-order valence-corrected chi connectivity index (χ2v) is 8.85. The SMILES string of the molecule is CCC1CN(c2cnc(C(N)=O)cn2)CCN1C1CCN(C(=O)C2=CC(F)=C(F)CC=C2)CC1. The Morgan fingerprint density at radius 1 is 1.12 bits per heavy atom. The Labute approximate surface area is 197 Å². The van der Waals surface area contributed by atoms with Crippen molar-refractivity contribution in [1.82, 2.24) is 19.8 Å². The van der Waals surface area contributed by atoms with E-state index in [4.69, 9.17) is 5.73 Å². The van der Waals surface area contributed by atoms with Crippen LogP contribution in [0.15, 0.2) is 47.8 Å². The van der Waals surface area contributed by atoms with Crippen LogP contribution in [0.3, 0.4) is 0 Å². The number of likely N-dealkylation sites (tertiary alicyclic amines) is 1. The lowest BCUT2D eigenvalue weighted by molar-refractivity contribution is -0.128. The molecule has 0 spiro atoms. The third-order valence-electron chi connectivity index (χ3n) is 6.82. The van der Waals surface area contributed by atoms with Crippen molar-refractivity contribution in [2.75, 3.05) is 37.6 Å². The van der Waals surface area contributed by atoms with Gasteiger partial charge in [0.25, 0.3) is 11.8 Å². The van der Waals surface area contributed by atoms with E-state index in [1.807, 2.05) is 0 Å². The lowest BCUT2D eigenvalue weighted by Gasteiger charge is -2.47. The number of anilines is 1. The van der Waals surface area contributed by atoms with Crippen molar-refractivity contribution in [3.63, 3.8) is 0 Å². The number of piperazine rings is 1. The van der Waals surface area contributed by atoms with Crippen molar-refractivity contribution in [3.05, 3.63) is 53.5 Å². The highest BCUT2D eigenvalue weighted by molar-refractivity contribution is 5.96. The van der Waals surface area contributed by atoms with Gasteiger partial charge in [-0.25, -0.2) is 18.7 Å². The fourth-order valence-electron chi connectivity index (χ4n) is 4.90. The first-order chi connectivity index (χ1) is 16.4. The summed E-state index contributed by atoms with van der Waals surface area (Å²) in [6, 6.07) is 0.681. The molecule has 3 heterocycles. The van der Waals surface area contributed by atoms with Crippen molar-refractivity contribution in [2.45, 2.75) is 44.7 Å². The molecular formula is C24H30F2N6O2. The zero-order valence-electron chi connectivity index (χ0n) is 19.3. The lowest BCUT2D eigenvalue weighted by atomic mass is 9.97. The van der Waals surface area contributed by atoms with Crippen LogP contribution in [0.4, 0.5) is 14.6 Å². The first-order valence-electron chi connectivity index (χ1n) is 11.7. The molecule has 182 valence electrons. The number of carbonyl (C=O) groups excluding carboxylic acids is 2. The Hall–Kier alpha value is -3.14. The number of hydrogen-bond donors (Lipinski definition) is 1. The summed E-state index contributed by atoms with van der Waals surface area (Å²) in [7, 11) is 0. The molecule has 34 heavy (non-hydrogen) atoms. The molecule has 2 amide bonds. The number of halogens is 2. The third kappa shape index (κ3) is 5.16. The van der Waals surface area contributed by atoms with E-state index in [0.717, 1.165) is 50.8 Å². The molecule has 1 unspecified atom stereocenters. The zero-order chi connectivity index (χ0) is 24.2. The number of carbonyl (C=O) groups is 2. The highest BCUT2D eigenvalue weighted by Crippen LogP contribution is 2.27. The second kappa shape index (κ2) is 10.4. The van der Waals surface area contributed by atoms with Crippen molar-refractivity contribution < 1.29 is 18.4 Å². The van der Waals surface area contributed by atoms with Crippen LogP contribution in [-0.2, 0) is 4.79 Å². The molecule has 4 rings (SSSR count). The summed E-state index contributed by atoms with van der Waals surface area (Å²) < 4.78 is 27.3. The van der Waals surface area contributed by atoms with Gasteiger partial charge in [-0.3, -0.25) is 14.5 Å². The highest BCUT2D eigenvalue weighted by Gasteiger charge is 2.34. The Kier molecular flexibility index (Phi) is 7.35. The second-order valence-electron chi connectivity index (χ2n) is 8.85.